The second-order valence-electron chi connectivity index (χ2n) is 3.60. The van der Waals surface area contributed by atoms with E-state index < -0.39 is 0 Å². The lowest BCUT2D eigenvalue weighted by Gasteiger charge is -2.04. The van der Waals surface area contributed by atoms with Crippen LogP contribution in [0.2, 0.25) is 0 Å². The van der Waals surface area contributed by atoms with Crippen LogP contribution in [0.4, 0.5) is 0 Å². The maximum Gasteiger partial charge on any atom is 0.0430 e. The van der Waals surface area contributed by atoms with Crippen LogP contribution < -0.4 is 0 Å². The summed E-state index contributed by atoms with van der Waals surface area (Å²) in [6, 6.07) is 4.22. The summed E-state index contributed by atoms with van der Waals surface area (Å²) < 4.78 is 2.15. The maximum absolute atomic E-state index is 2.29. The first-order valence-corrected chi connectivity index (χ1v) is 4.41. The van der Waals surface area contributed by atoms with Gasteiger partial charge in [-0.25, -0.2) is 0 Å². The summed E-state index contributed by atoms with van der Waals surface area (Å²) in [6.45, 7) is 6.56. The maximum atomic E-state index is 2.29. The van der Waals surface area contributed by atoms with Crippen molar-refractivity contribution in [3.63, 3.8) is 0 Å². The summed E-state index contributed by atoms with van der Waals surface area (Å²) in [6.07, 6.45) is 4.36. The fourth-order valence-corrected chi connectivity index (χ4v) is 1.46. The molecule has 0 amide bonds. The molecular formula is C11H17N. The Morgan fingerprint density at radius 1 is 1.50 bits per heavy atom. The molecule has 0 unspecified atom stereocenters. The van der Waals surface area contributed by atoms with Gasteiger partial charge >= 0.3 is 0 Å². The smallest absolute Gasteiger partial charge is 0.0430 e. The molecule has 1 heterocycles. The summed E-state index contributed by atoms with van der Waals surface area (Å²) in [4.78, 5) is 0. The molecule has 1 aromatic heterocycles. The Balaban J connectivity index is 2.92. The quantitative estimate of drug-likeness (QED) is 0.631. The average molecular weight is 163 g/mol. The Morgan fingerprint density at radius 3 is 2.58 bits per heavy atom. The van der Waals surface area contributed by atoms with Crippen molar-refractivity contribution in [2.24, 2.45) is 13.0 Å². The molecule has 0 bridgehead atoms. The van der Waals surface area contributed by atoms with Gasteiger partial charge in [0.1, 0.15) is 0 Å². The number of aryl methyl sites for hydroxylation is 1. The Bertz CT molecular complexity index is 279. The van der Waals surface area contributed by atoms with Gasteiger partial charge in [0.05, 0.1) is 0 Å². The van der Waals surface area contributed by atoms with Gasteiger partial charge in [-0.05, 0) is 30.5 Å². The molecule has 0 aliphatic carbocycles. The van der Waals surface area contributed by atoms with E-state index in [0.717, 1.165) is 0 Å². The van der Waals surface area contributed by atoms with Crippen LogP contribution in [0.15, 0.2) is 24.4 Å². The van der Waals surface area contributed by atoms with Crippen LogP contribution in [-0.2, 0) is 7.05 Å². The van der Waals surface area contributed by atoms with Gasteiger partial charge in [0.2, 0.25) is 0 Å². The van der Waals surface area contributed by atoms with Crippen LogP contribution in [0.1, 0.15) is 26.5 Å². The van der Waals surface area contributed by atoms with Crippen LogP contribution in [0.5, 0.6) is 0 Å². The zero-order valence-corrected chi connectivity index (χ0v) is 8.33. The summed E-state index contributed by atoms with van der Waals surface area (Å²) in [7, 11) is 2.08. The fraction of sp³-hybridized carbons (Fsp3) is 0.455. The van der Waals surface area contributed by atoms with Crippen molar-refractivity contribution in [1.82, 2.24) is 4.57 Å². The van der Waals surface area contributed by atoms with E-state index in [9.17, 15) is 0 Å². The van der Waals surface area contributed by atoms with Crippen LogP contribution >= 0.6 is 0 Å². The van der Waals surface area contributed by atoms with Crippen molar-refractivity contribution in [1.29, 1.82) is 0 Å². The van der Waals surface area contributed by atoms with Crippen molar-refractivity contribution in [2.75, 3.05) is 0 Å². The van der Waals surface area contributed by atoms with Crippen LogP contribution in [0.25, 0.3) is 5.57 Å². The van der Waals surface area contributed by atoms with E-state index in [2.05, 4.69) is 56.8 Å². The minimum atomic E-state index is 0.625. The molecule has 0 atom stereocenters. The van der Waals surface area contributed by atoms with E-state index in [1.54, 1.807) is 0 Å². The largest absolute Gasteiger partial charge is 0.351 e. The molecule has 1 rings (SSSR count). The number of hydrogen-bond donors (Lipinski definition) is 0. The SMILES string of the molecule is C/C(=C\C(C)C)c1cccn1C. The topological polar surface area (TPSA) is 4.93 Å². The van der Waals surface area contributed by atoms with Gasteiger partial charge in [0.25, 0.3) is 0 Å². The lowest BCUT2D eigenvalue weighted by molar-refractivity contribution is 0.828. The second-order valence-corrected chi connectivity index (χ2v) is 3.60. The average Bonchev–Trinajstić information content (AvgIpc) is 2.33. The van der Waals surface area contributed by atoms with Crippen LogP contribution in [0, 0.1) is 5.92 Å². The standard InChI is InChI=1S/C11H17N/c1-9(2)8-10(3)11-6-5-7-12(11)4/h5-9H,1-4H3/b10-8+. The third-order valence-electron chi connectivity index (χ3n) is 1.93. The Labute approximate surface area is 74.7 Å². The van der Waals surface area contributed by atoms with Crippen molar-refractivity contribution >= 4 is 5.57 Å². The molecule has 66 valence electrons. The van der Waals surface area contributed by atoms with E-state index in [0.29, 0.717) is 5.92 Å². The summed E-state index contributed by atoms with van der Waals surface area (Å²) >= 11 is 0. The lowest BCUT2D eigenvalue weighted by atomic mass is 10.1. The molecule has 1 heteroatoms. The Morgan fingerprint density at radius 2 is 2.17 bits per heavy atom. The molecule has 0 aromatic carbocycles. The normalized spacial score (nSPS) is 12.6. The molecule has 0 radical (unpaired) electrons. The highest BCUT2D eigenvalue weighted by atomic mass is 14.9. The second kappa shape index (κ2) is 3.61. The molecular weight excluding hydrogens is 146 g/mol. The van der Waals surface area contributed by atoms with E-state index in [1.165, 1.54) is 11.3 Å². The Kier molecular flexibility index (Phi) is 2.74. The first-order chi connectivity index (χ1) is 5.61. The van der Waals surface area contributed by atoms with Gasteiger partial charge < -0.3 is 4.57 Å². The summed E-state index contributed by atoms with van der Waals surface area (Å²) in [5, 5.41) is 0. The van der Waals surface area contributed by atoms with Crippen LogP contribution in [0.3, 0.4) is 0 Å². The summed E-state index contributed by atoms with van der Waals surface area (Å²) in [5.41, 5.74) is 2.67. The molecule has 1 aromatic rings. The number of aromatic nitrogens is 1. The molecule has 12 heavy (non-hydrogen) atoms. The minimum Gasteiger partial charge on any atom is -0.351 e. The van der Waals surface area contributed by atoms with Gasteiger partial charge in [-0.15, -0.1) is 0 Å². The predicted molar refractivity (Wildman–Crippen MR) is 53.9 cm³/mol. The molecule has 0 N–H and O–H groups in total. The van der Waals surface area contributed by atoms with Gasteiger partial charge in [-0.3, -0.25) is 0 Å². The predicted octanol–water partition coefficient (Wildman–Crippen LogP) is 3.08. The van der Waals surface area contributed by atoms with Gasteiger partial charge in [0, 0.05) is 18.9 Å². The molecule has 0 aliphatic rings. The monoisotopic (exact) mass is 163 g/mol. The van der Waals surface area contributed by atoms with E-state index in [4.69, 9.17) is 0 Å². The number of hydrogen-bond acceptors (Lipinski definition) is 0. The van der Waals surface area contributed by atoms with Crippen molar-refractivity contribution < 1.29 is 0 Å². The summed E-state index contributed by atoms with van der Waals surface area (Å²) in [5.74, 6) is 0.625. The number of allylic oxidation sites excluding steroid dienone is 2. The zero-order chi connectivity index (χ0) is 9.14. The highest BCUT2D eigenvalue weighted by molar-refractivity contribution is 5.61. The highest BCUT2D eigenvalue weighted by Crippen LogP contribution is 2.15. The molecule has 0 saturated carbocycles. The molecule has 0 saturated heterocycles. The third-order valence-corrected chi connectivity index (χ3v) is 1.93. The molecule has 1 nitrogen and oxygen atoms in total. The first kappa shape index (κ1) is 9.11. The zero-order valence-electron chi connectivity index (χ0n) is 8.33. The molecule has 0 aliphatic heterocycles. The van der Waals surface area contributed by atoms with E-state index >= 15 is 0 Å². The number of nitrogens with zero attached hydrogens (tertiary/aromatic N) is 1. The molecule has 0 spiro atoms. The van der Waals surface area contributed by atoms with Gasteiger partial charge in [0.15, 0.2) is 0 Å². The molecule has 0 fully saturated rings. The van der Waals surface area contributed by atoms with Crippen LogP contribution in [-0.4, -0.2) is 4.57 Å². The van der Waals surface area contributed by atoms with Crippen molar-refractivity contribution in [3.05, 3.63) is 30.1 Å². The third kappa shape index (κ3) is 2.00. The highest BCUT2D eigenvalue weighted by Gasteiger charge is 1.99. The number of rotatable bonds is 2. The van der Waals surface area contributed by atoms with Gasteiger partial charge in [-0.1, -0.05) is 19.9 Å². The fourth-order valence-electron chi connectivity index (χ4n) is 1.46. The Hall–Kier alpha value is -0.980. The van der Waals surface area contributed by atoms with Crippen molar-refractivity contribution in [2.45, 2.75) is 20.8 Å². The van der Waals surface area contributed by atoms with Gasteiger partial charge in [-0.2, -0.15) is 0 Å². The first-order valence-electron chi connectivity index (χ1n) is 4.41. The minimum absolute atomic E-state index is 0.625. The lowest BCUT2D eigenvalue weighted by Crippen LogP contribution is -1.92. The van der Waals surface area contributed by atoms with E-state index in [-0.39, 0.29) is 0 Å². The van der Waals surface area contributed by atoms with E-state index in [1.807, 2.05) is 0 Å². The van der Waals surface area contributed by atoms with Crippen molar-refractivity contribution in [3.8, 4) is 0 Å².